The number of hydrogen-bond acceptors (Lipinski definition) is 4. The van der Waals surface area contributed by atoms with E-state index in [1.54, 1.807) is 19.1 Å². The molecule has 1 amide bonds. The number of carbonyl (C=O) groups excluding carboxylic acids is 1. The molecule has 2 aromatic rings. The first-order valence-electron chi connectivity index (χ1n) is 7.47. The van der Waals surface area contributed by atoms with E-state index in [0.717, 1.165) is 5.56 Å². The third-order valence-corrected chi connectivity index (χ3v) is 5.62. The summed E-state index contributed by atoms with van der Waals surface area (Å²) in [5.41, 5.74) is 12.5. The second-order valence-electron chi connectivity index (χ2n) is 5.88. The number of ether oxygens (including phenoxy) is 1. The van der Waals surface area contributed by atoms with Crippen LogP contribution in [0.4, 0.5) is 0 Å². The summed E-state index contributed by atoms with van der Waals surface area (Å²) in [5.74, 6) is -0.593. The summed E-state index contributed by atoms with van der Waals surface area (Å²) in [6.45, 7) is 3.51. The second-order valence-corrected chi connectivity index (χ2v) is 7.84. The first kappa shape index (κ1) is 17.0. The summed E-state index contributed by atoms with van der Waals surface area (Å²) >= 11 is 0. The number of aliphatic imine (C=N–C) groups is 1. The zero-order chi connectivity index (χ0) is 18.4. The van der Waals surface area contributed by atoms with Gasteiger partial charge in [0.1, 0.15) is 16.4 Å². The molecule has 0 radical (unpaired) electrons. The molecule has 0 saturated carbocycles. The van der Waals surface area contributed by atoms with Crippen LogP contribution in [0.3, 0.4) is 0 Å². The zero-order valence-electron chi connectivity index (χ0n) is 13.7. The van der Waals surface area contributed by atoms with Gasteiger partial charge in [-0.25, -0.2) is 8.42 Å². The van der Waals surface area contributed by atoms with Crippen LogP contribution in [0, 0.1) is 13.8 Å². The summed E-state index contributed by atoms with van der Waals surface area (Å²) in [5, 5.41) is 0. The SMILES string of the molecule is Cc1cc2c(cc1C(=O)N=C(N)N)S(=O)(=O)Cc1cccc(C)c1O2. The van der Waals surface area contributed by atoms with Crippen LogP contribution in [-0.2, 0) is 15.6 Å². The Morgan fingerprint density at radius 1 is 1.16 bits per heavy atom. The Morgan fingerprint density at radius 3 is 2.56 bits per heavy atom. The molecule has 0 aromatic heterocycles. The van der Waals surface area contributed by atoms with Gasteiger partial charge in [-0.3, -0.25) is 4.79 Å². The average molecular weight is 359 g/mol. The van der Waals surface area contributed by atoms with E-state index in [-0.39, 0.29) is 27.9 Å². The molecule has 0 spiro atoms. The maximum absolute atomic E-state index is 12.8. The summed E-state index contributed by atoms with van der Waals surface area (Å²) in [4.78, 5) is 15.6. The number of nitrogens with zero attached hydrogens (tertiary/aromatic N) is 1. The molecule has 2 aromatic carbocycles. The van der Waals surface area contributed by atoms with Gasteiger partial charge in [0.05, 0.1) is 5.75 Å². The molecule has 0 bridgehead atoms. The van der Waals surface area contributed by atoms with Crippen molar-refractivity contribution in [3.63, 3.8) is 0 Å². The van der Waals surface area contributed by atoms with Gasteiger partial charge in [-0.2, -0.15) is 4.99 Å². The van der Waals surface area contributed by atoms with Crippen molar-refractivity contribution in [3.05, 3.63) is 52.6 Å². The summed E-state index contributed by atoms with van der Waals surface area (Å²) in [7, 11) is -3.70. The fraction of sp³-hybridized carbons (Fsp3) is 0.176. The van der Waals surface area contributed by atoms with Crippen molar-refractivity contribution >= 4 is 21.7 Å². The molecule has 0 saturated heterocycles. The summed E-state index contributed by atoms with van der Waals surface area (Å²) < 4.78 is 31.5. The largest absolute Gasteiger partial charge is 0.455 e. The molecular formula is C17H17N3O4S. The molecule has 130 valence electrons. The van der Waals surface area contributed by atoms with E-state index in [1.165, 1.54) is 12.1 Å². The molecule has 0 aliphatic carbocycles. The number of hydrogen-bond donors (Lipinski definition) is 2. The number of carbonyl (C=O) groups is 1. The number of amides is 1. The third kappa shape index (κ3) is 3.08. The van der Waals surface area contributed by atoms with Crippen molar-refractivity contribution in [2.24, 2.45) is 16.5 Å². The van der Waals surface area contributed by atoms with Gasteiger partial charge in [0.2, 0.25) is 0 Å². The highest BCUT2D eigenvalue weighted by molar-refractivity contribution is 7.90. The molecule has 1 aliphatic heterocycles. The molecule has 1 aliphatic rings. The predicted molar refractivity (Wildman–Crippen MR) is 93.5 cm³/mol. The van der Waals surface area contributed by atoms with Gasteiger partial charge in [-0.05, 0) is 37.1 Å². The van der Waals surface area contributed by atoms with Crippen molar-refractivity contribution in [3.8, 4) is 11.5 Å². The maximum Gasteiger partial charge on any atom is 0.280 e. The first-order chi connectivity index (χ1) is 11.7. The van der Waals surface area contributed by atoms with Gasteiger partial charge in [0.25, 0.3) is 5.91 Å². The number of aryl methyl sites for hydroxylation is 2. The van der Waals surface area contributed by atoms with E-state index in [9.17, 15) is 13.2 Å². The Labute approximate surface area is 145 Å². The molecule has 3 rings (SSSR count). The lowest BCUT2D eigenvalue weighted by molar-refractivity contribution is 0.100. The molecule has 0 unspecified atom stereocenters. The Kier molecular flexibility index (Phi) is 4.00. The van der Waals surface area contributed by atoms with Crippen LogP contribution in [0.2, 0.25) is 0 Å². The van der Waals surface area contributed by atoms with E-state index in [1.807, 2.05) is 13.0 Å². The fourth-order valence-corrected chi connectivity index (χ4v) is 4.25. The monoisotopic (exact) mass is 359 g/mol. The number of sulfone groups is 1. The first-order valence-corrected chi connectivity index (χ1v) is 9.12. The summed E-state index contributed by atoms with van der Waals surface area (Å²) in [6, 6.07) is 8.13. The zero-order valence-corrected chi connectivity index (χ0v) is 14.6. The van der Waals surface area contributed by atoms with E-state index < -0.39 is 15.7 Å². The molecule has 0 atom stereocenters. The molecule has 4 N–H and O–H groups in total. The van der Waals surface area contributed by atoms with Gasteiger partial charge >= 0.3 is 0 Å². The molecule has 25 heavy (non-hydrogen) atoms. The van der Waals surface area contributed by atoms with E-state index in [2.05, 4.69) is 4.99 Å². The van der Waals surface area contributed by atoms with E-state index in [0.29, 0.717) is 16.9 Å². The minimum absolute atomic E-state index is 0.0529. The van der Waals surface area contributed by atoms with Crippen LogP contribution in [-0.4, -0.2) is 20.3 Å². The second kappa shape index (κ2) is 5.89. The van der Waals surface area contributed by atoms with Crippen LogP contribution >= 0.6 is 0 Å². The lowest BCUT2D eigenvalue weighted by atomic mass is 10.1. The Morgan fingerprint density at radius 2 is 1.88 bits per heavy atom. The molecule has 1 heterocycles. The Bertz CT molecular complexity index is 1020. The van der Waals surface area contributed by atoms with Crippen LogP contribution in [0.15, 0.2) is 40.2 Å². The van der Waals surface area contributed by atoms with Gasteiger partial charge in [-0.1, -0.05) is 18.2 Å². The average Bonchev–Trinajstić information content (AvgIpc) is 2.59. The Balaban J connectivity index is 2.23. The van der Waals surface area contributed by atoms with Crippen molar-refractivity contribution in [1.29, 1.82) is 0 Å². The number of benzene rings is 2. The van der Waals surface area contributed by atoms with Crippen molar-refractivity contribution in [1.82, 2.24) is 0 Å². The number of fused-ring (bicyclic) bond motifs is 2. The number of guanidine groups is 1. The molecule has 0 fully saturated rings. The van der Waals surface area contributed by atoms with Gasteiger partial charge < -0.3 is 16.2 Å². The van der Waals surface area contributed by atoms with E-state index >= 15 is 0 Å². The van der Waals surface area contributed by atoms with Crippen LogP contribution < -0.4 is 16.2 Å². The lowest BCUT2D eigenvalue weighted by Crippen LogP contribution is -2.24. The maximum atomic E-state index is 12.8. The molecule has 7 nitrogen and oxygen atoms in total. The predicted octanol–water partition coefficient (Wildman–Crippen LogP) is 1.80. The lowest BCUT2D eigenvalue weighted by Gasteiger charge is -2.12. The normalized spacial score (nSPS) is 14.5. The van der Waals surface area contributed by atoms with Crippen LogP contribution in [0.5, 0.6) is 11.5 Å². The topological polar surface area (TPSA) is 125 Å². The Hall–Kier alpha value is -2.87. The highest BCUT2D eigenvalue weighted by Crippen LogP contribution is 2.40. The van der Waals surface area contributed by atoms with Gasteiger partial charge in [0.15, 0.2) is 15.8 Å². The molecular weight excluding hydrogens is 342 g/mol. The van der Waals surface area contributed by atoms with E-state index in [4.69, 9.17) is 16.2 Å². The van der Waals surface area contributed by atoms with Gasteiger partial charge in [0, 0.05) is 11.1 Å². The summed E-state index contributed by atoms with van der Waals surface area (Å²) in [6.07, 6.45) is 0. The highest BCUT2D eigenvalue weighted by atomic mass is 32.2. The minimum Gasteiger partial charge on any atom is -0.455 e. The van der Waals surface area contributed by atoms with Crippen molar-refractivity contribution in [2.75, 3.05) is 0 Å². The van der Waals surface area contributed by atoms with Crippen molar-refractivity contribution < 1.29 is 17.9 Å². The molecule has 8 heteroatoms. The third-order valence-electron chi connectivity index (χ3n) is 3.94. The van der Waals surface area contributed by atoms with Crippen LogP contribution in [0.25, 0.3) is 0 Å². The van der Waals surface area contributed by atoms with Crippen LogP contribution in [0.1, 0.15) is 27.0 Å². The number of rotatable bonds is 1. The van der Waals surface area contributed by atoms with Crippen molar-refractivity contribution in [2.45, 2.75) is 24.5 Å². The number of nitrogens with two attached hydrogens (primary N) is 2. The standard InChI is InChI=1S/C17H17N3O4S/c1-9-4-3-5-11-8-25(22,23)14-7-12(16(21)20-17(18)19)10(2)6-13(14)24-15(9)11/h3-7H,8H2,1-2H3,(H4,18,19,20,21). The quantitative estimate of drug-likeness (QED) is 0.591. The number of para-hydroxylation sites is 1. The fourth-order valence-electron chi connectivity index (χ4n) is 2.76. The minimum atomic E-state index is -3.70. The smallest absolute Gasteiger partial charge is 0.280 e. The highest BCUT2D eigenvalue weighted by Gasteiger charge is 2.29. The van der Waals surface area contributed by atoms with Gasteiger partial charge in [-0.15, -0.1) is 0 Å².